The topological polar surface area (TPSA) is 9.23 Å². The van der Waals surface area contributed by atoms with E-state index in [-0.39, 0.29) is 0 Å². The van der Waals surface area contributed by atoms with E-state index in [0.29, 0.717) is 0 Å². The minimum atomic E-state index is -7.90. The van der Waals surface area contributed by atoms with E-state index < -0.39 is 48.1 Å². The lowest BCUT2D eigenvalue weighted by atomic mass is 9.94. The van der Waals surface area contributed by atoms with Crippen LogP contribution in [0, 0.1) is 0 Å². The van der Waals surface area contributed by atoms with Crippen molar-refractivity contribution in [3.63, 3.8) is 0 Å². The number of hydrogen-bond donors (Lipinski definition) is 0. The summed E-state index contributed by atoms with van der Waals surface area (Å²) in [4.78, 5) is 0. The Hall–Kier alpha value is -1.89. The van der Waals surface area contributed by atoms with Gasteiger partial charge in [-0.15, -0.1) is 0 Å². The normalized spacial score (nSPS) is 15.0. The Morgan fingerprint density at radius 1 is 0.556 bits per heavy atom. The van der Waals surface area contributed by atoms with Gasteiger partial charge < -0.3 is 4.74 Å². The molecule has 0 bridgehead atoms. The third kappa shape index (κ3) is 3.61. The van der Waals surface area contributed by atoms with Gasteiger partial charge in [0.25, 0.3) is 0 Å². The van der Waals surface area contributed by atoms with Gasteiger partial charge in [0.15, 0.2) is 6.61 Å². The van der Waals surface area contributed by atoms with Gasteiger partial charge in [-0.2, -0.15) is 57.1 Å². The molecule has 0 heterocycles. The molecule has 0 saturated heterocycles. The first-order valence-electron chi connectivity index (χ1n) is 6.46. The number of ether oxygens (including phenoxy) is 1. The molecule has 0 radical (unpaired) electrons. The number of rotatable bonds is 7. The molecule has 1 rings (SSSR count). The summed E-state index contributed by atoms with van der Waals surface area (Å²) in [6, 6.07) is 5.22. The molecule has 0 amide bonds. The number of halogens is 13. The first kappa shape index (κ1) is 23.1. The number of benzene rings is 1. The zero-order valence-electron chi connectivity index (χ0n) is 12.4. The largest absolute Gasteiger partial charge is 0.487 e. The van der Waals surface area contributed by atoms with Crippen LogP contribution in [-0.4, -0.2) is 42.4 Å². The average molecular weight is 426 g/mol. The van der Waals surface area contributed by atoms with Gasteiger partial charge in [-0.3, -0.25) is 0 Å². The zero-order valence-corrected chi connectivity index (χ0v) is 12.4. The maximum Gasteiger partial charge on any atom is 0.460 e. The molecular weight excluding hydrogens is 419 g/mol. The van der Waals surface area contributed by atoms with Crippen LogP contribution < -0.4 is 4.74 Å². The molecule has 0 aliphatic heterocycles. The zero-order chi connectivity index (χ0) is 21.5. The van der Waals surface area contributed by atoms with Gasteiger partial charge in [0.05, 0.1) is 0 Å². The second kappa shape index (κ2) is 6.62. The van der Waals surface area contributed by atoms with Crippen molar-refractivity contribution < 1.29 is 61.8 Å². The van der Waals surface area contributed by atoms with Crippen LogP contribution in [0.2, 0.25) is 0 Å². The Morgan fingerprint density at radius 2 is 0.963 bits per heavy atom. The molecule has 27 heavy (non-hydrogen) atoms. The minimum Gasteiger partial charge on any atom is -0.487 e. The molecular formula is C13H7F13O. The second-order valence-corrected chi connectivity index (χ2v) is 5.10. The SMILES string of the molecule is FC(F)(F)C(F)(F)C(F)(F)C(F)(F)C(F)(F)C(F)(F)COc1ccccc1. The van der Waals surface area contributed by atoms with Crippen molar-refractivity contribution in [3.05, 3.63) is 30.3 Å². The summed E-state index contributed by atoms with van der Waals surface area (Å²) in [5, 5.41) is 0. The molecule has 1 aromatic carbocycles. The summed E-state index contributed by atoms with van der Waals surface area (Å²) in [5.74, 6) is -37.7. The molecule has 0 saturated carbocycles. The van der Waals surface area contributed by atoms with Crippen molar-refractivity contribution in [1.29, 1.82) is 0 Å². The monoisotopic (exact) mass is 426 g/mol. The molecule has 0 aromatic heterocycles. The predicted octanol–water partition coefficient (Wildman–Crippen LogP) is 5.80. The molecule has 1 aromatic rings. The van der Waals surface area contributed by atoms with E-state index in [9.17, 15) is 57.1 Å². The third-order valence-corrected chi connectivity index (χ3v) is 3.16. The van der Waals surface area contributed by atoms with Crippen LogP contribution in [0.15, 0.2) is 30.3 Å². The van der Waals surface area contributed by atoms with Crippen LogP contribution in [0.25, 0.3) is 0 Å². The highest BCUT2D eigenvalue weighted by molar-refractivity contribution is 5.21. The summed E-state index contributed by atoms with van der Waals surface area (Å²) in [5.41, 5.74) is 0. The van der Waals surface area contributed by atoms with Gasteiger partial charge in [0.1, 0.15) is 5.75 Å². The quantitative estimate of drug-likeness (QED) is 0.501. The smallest absolute Gasteiger partial charge is 0.460 e. The van der Waals surface area contributed by atoms with Crippen molar-refractivity contribution in [2.45, 2.75) is 35.8 Å². The van der Waals surface area contributed by atoms with E-state index in [1.165, 1.54) is 6.07 Å². The van der Waals surface area contributed by atoms with Crippen LogP contribution >= 0.6 is 0 Å². The van der Waals surface area contributed by atoms with Crippen molar-refractivity contribution in [2.24, 2.45) is 0 Å². The van der Waals surface area contributed by atoms with Crippen molar-refractivity contribution >= 4 is 0 Å². The molecule has 0 aliphatic rings. The summed E-state index contributed by atoms with van der Waals surface area (Å²) < 4.78 is 171. The van der Waals surface area contributed by atoms with Gasteiger partial charge in [0.2, 0.25) is 0 Å². The molecule has 14 heteroatoms. The lowest BCUT2D eigenvalue weighted by molar-refractivity contribution is -0.440. The van der Waals surface area contributed by atoms with Crippen LogP contribution in [0.1, 0.15) is 0 Å². The van der Waals surface area contributed by atoms with Gasteiger partial charge in [-0.05, 0) is 12.1 Å². The van der Waals surface area contributed by atoms with Gasteiger partial charge in [0, 0.05) is 0 Å². The number of para-hydroxylation sites is 1. The molecule has 0 N–H and O–H groups in total. The Bertz CT molecular complexity index is 635. The van der Waals surface area contributed by atoms with E-state index >= 15 is 0 Å². The van der Waals surface area contributed by atoms with E-state index in [2.05, 4.69) is 4.74 Å². The van der Waals surface area contributed by atoms with E-state index in [4.69, 9.17) is 0 Å². The highest BCUT2D eigenvalue weighted by Gasteiger charge is 2.90. The Morgan fingerprint density at radius 3 is 1.37 bits per heavy atom. The maximum absolute atomic E-state index is 13.4. The highest BCUT2D eigenvalue weighted by Crippen LogP contribution is 2.60. The maximum atomic E-state index is 13.4. The molecule has 0 fully saturated rings. The molecule has 0 atom stereocenters. The Labute approximate surface area is 141 Å². The fourth-order valence-electron chi connectivity index (χ4n) is 1.58. The minimum absolute atomic E-state index is 0.622. The van der Waals surface area contributed by atoms with Gasteiger partial charge in [-0.1, -0.05) is 18.2 Å². The number of alkyl halides is 13. The summed E-state index contributed by atoms with van der Waals surface area (Å²) in [6.07, 6.45) is -7.42. The summed E-state index contributed by atoms with van der Waals surface area (Å²) >= 11 is 0. The Kier molecular flexibility index (Phi) is 5.67. The van der Waals surface area contributed by atoms with E-state index in [1.807, 2.05) is 0 Å². The third-order valence-electron chi connectivity index (χ3n) is 3.16. The van der Waals surface area contributed by atoms with Crippen molar-refractivity contribution in [2.75, 3.05) is 6.61 Å². The lowest BCUT2D eigenvalue weighted by Crippen LogP contribution is -2.70. The van der Waals surface area contributed by atoms with Crippen molar-refractivity contribution in [3.8, 4) is 5.75 Å². The highest BCUT2D eigenvalue weighted by atomic mass is 19.4. The average Bonchev–Trinajstić information content (AvgIpc) is 2.52. The van der Waals surface area contributed by atoms with Crippen LogP contribution in [-0.2, 0) is 0 Å². The van der Waals surface area contributed by atoms with Crippen LogP contribution in [0.3, 0.4) is 0 Å². The molecule has 0 unspecified atom stereocenters. The second-order valence-electron chi connectivity index (χ2n) is 5.10. The van der Waals surface area contributed by atoms with Crippen LogP contribution in [0.5, 0.6) is 5.75 Å². The van der Waals surface area contributed by atoms with Gasteiger partial charge >= 0.3 is 35.8 Å². The molecule has 0 spiro atoms. The molecule has 1 nitrogen and oxygen atoms in total. The predicted molar refractivity (Wildman–Crippen MR) is 62.7 cm³/mol. The fraction of sp³-hybridized carbons (Fsp3) is 0.538. The standard InChI is InChI=1S/C13H7F13O/c14-8(15,6-27-7-4-2-1-3-5-7)9(16,17)10(18,19)11(20,21)12(22,23)13(24,25)26/h1-5H,6H2. The lowest BCUT2D eigenvalue weighted by Gasteiger charge is -2.39. The number of hydrogen-bond acceptors (Lipinski definition) is 1. The first-order valence-corrected chi connectivity index (χ1v) is 6.46. The molecule has 0 aliphatic carbocycles. The first-order chi connectivity index (χ1) is 11.8. The van der Waals surface area contributed by atoms with Crippen LogP contribution in [0.4, 0.5) is 57.1 Å². The fourth-order valence-corrected chi connectivity index (χ4v) is 1.58. The summed E-state index contributed by atoms with van der Waals surface area (Å²) in [6.45, 7) is -2.72. The van der Waals surface area contributed by atoms with Gasteiger partial charge in [-0.25, -0.2) is 0 Å². The van der Waals surface area contributed by atoms with E-state index in [0.717, 1.165) is 24.3 Å². The molecule has 156 valence electrons. The van der Waals surface area contributed by atoms with Crippen molar-refractivity contribution in [1.82, 2.24) is 0 Å². The Balaban J connectivity index is 3.24. The summed E-state index contributed by atoms with van der Waals surface area (Å²) in [7, 11) is 0. The van der Waals surface area contributed by atoms with E-state index in [1.54, 1.807) is 0 Å².